The number of rotatable bonds is 4. The number of benzene rings is 1. The molecular weight excluding hydrogens is 347 g/mol. The fourth-order valence-corrected chi connectivity index (χ4v) is 3.61. The lowest BCUT2D eigenvalue weighted by molar-refractivity contribution is 0.289. The first-order valence-corrected chi connectivity index (χ1v) is 9.13. The van der Waals surface area contributed by atoms with Crippen LogP contribution in [0.4, 0.5) is 4.39 Å². The quantitative estimate of drug-likeness (QED) is 0.889. The number of hydrogen-bond acceptors (Lipinski definition) is 3. The minimum atomic E-state index is -3.09. The van der Waals surface area contributed by atoms with Crippen molar-refractivity contribution in [2.75, 3.05) is 19.3 Å². The van der Waals surface area contributed by atoms with E-state index in [1.165, 1.54) is 16.6 Å². The van der Waals surface area contributed by atoms with Gasteiger partial charge in [0, 0.05) is 35.7 Å². The minimum Gasteiger partial charge on any atom is -0.310 e. The molecule has 0 bridgehead atoms. The van der Waals surface area contributed by atoms with Gasteiger partial charge >= 0.3 is 0 Å². The van der Waals surface area contributed by atoms with Gasteiger partial charge in [0.15, 0.2) is 0 Å². The molecule has 1 aromatic rings. The first-order chi connectivity index (χ1) is 9.36. The number of nitrogens with one attached hydrogen (secondary N) is 1. The van der Waals surface area contributed by atoms with E-state index in [4.69, 9.17) is 0 Å². The van der Waals surface area contributed by atoms with Crippen LogP contribution in [0.3, 0.4) is 0 Å². The van der Waals surface area contributed by atoms with Crippen LogP contribution in [0.25, 0.3) is 0 Å². The molecule has 112 valence electrons. The zero-order valence-electron chi connectivity index (χ0n) is 11.3. The maximum atomic E-state index is 13.6. The van der Waals surface area contributed by atoms with E-state index >= 15 is 0 Å². The number of sulfonamides is 1. The Bertz CT molecular complexity index is 572. The Labute approximate surface area is 127 Å². The molecule has 1 aromatic carbocycles. The van der Waals surface area contributed by atoms with E-state index in [0.29, 0.717) is 25.2 Å². The number of hydrogen-bond donors (Lipinski definition) is 1. The molecule has 1 heterocycles. The van der Waals surface area contributed by atoms with Crippen LogP contribution in [0, 0.1) is 5.82 Å². The third-order valence-electron chi connectivity index (χ3n) is 3.51. The van der Waals surface area contributed by atoms with Gasteiger partial charge in [0.25, 0.3) is 0 Å². The van der Waals surface area contributed by atoms with Gasteiger partial charge in [-0.2, -0.15) is 0 Å². The Morgan fingerprint density at radius 3 is 2.65 bits per heavy atom. The standard InChI is InChI=1S/C13H18BrFN2O2S/c1-20(18,19)17-6-4-12(5-7-17)16-9-10-8-11(14)2-3-13(10)15/h2-3,8,12,16H,4-7,9H2,1H3. The minimum absolute atomic E-state index is 0.228. The SMILES string of the molecule is CS(=O)(=O)N1CCC(NCc2cc(Br)ccc2F)CC1. The van der Waals surface area contributed by atoms with Crippen LogP contribution >= 0.6 is 15.9 Å². The summed E-state index contributed by atoms with van der Waals surface area (Å²) in [5.41, 5.74) is 0.616. The Hall–Kier alpha value is -0.500. The molecule has 1 aliphatic rings. The molecule has 1 saturated heterocycles. The summed E-state index contributed by atoms with van der Waals surface area (Å²) in [6.07, 6.45) is 2.74. The van der Waals surface area contributed by atoms with Crippen LogP contribution in [-0.2, 0) is 16.6 Å². The second-order valence-electron chi connectivity index (χ2n) is 5.05. The van der Waals surface area contributed by atoms with Crippen LogP contribution in [0.5, 0.6) is 0 Å². The van der Waals surface area contributed by atoms with Crippen LogP contribution in [0.2, 0.25) is 0 Å². The lowest BCUT2D eigenvalue weighted by Gasteiger charge is -2.30. The summed E-state index contributed by atoms with van der Waals surface area (Å²) >= 11 is 3.32. The lowest BCUT2D eigenvalue weighted by Crippen LogP contribution is -2.44. The van der Waals surface area contributed by atoms with Crippen molar-refractivity contribution in [2.24, 2.45) is 0 Å². The maximum absolute atomic E-state index is 13.6. The molecule has 0 unspecified atom stereocenters. The summed E-state index contributed by atoms with van der Waals surface area (Å²) in [5.74, 6) is -0.228. The van der Waals surface area contributed by atoms with Crippen molar-refractivity contribution in [1.29, 1.82) is 0 Å². The molecule has 1 N–H and O–H groups in total. The van der Waals surface area contributed by atoms with E-state index in [0.717, 1.165) is 17.3 Å². The summed E-state index contributed by atoms with van der Waals surface area (Å²) in [7, 11) is -3.09. The van der Waals surface area contributed by atoms with Crippen molar-refractivity contribution in [2.45, 2.75) is 25.4 Å². The predicted octanol–water partition coefficient (Wildman–Crippen LogP) is 2.10. The summed E-state index contributed by atoms with van der Waals surface area (Å²) in [5, 5.41) is 3.30. The fraction of sp³-hybridized carbons (Fsp3) is 0.538. The highest BCUT2D eigenvalue weighted by atomic mass is 79.9. The molecule has 0 amide bonds. The first-order valence-electron chi connectivity index (χ1n) is 6.48. The summed E-state index contributed by atoms with van der Waals surface area (Å²) in [6, 6.07) is 5.09. The van der Waals surface area contributed by atoms with Crippen molar-refractivity contribution >= 4 is 26.0 Å². The average Bonchev–Trinajstić information content (AvgIpc) is 2.39. The van der Waals surface area contributed by atoms with Gasteiger partial charge in [-0.05, 0) is 31.0 Å². The van der Waals surface area contributed by atoms with E-state index in [-0.39, 0.29) is 11.9 Å². The topological polar surface area (TPSA) is 49.4 Å². The maximum Gasteiger partial charge on any atom is 0.211 e. The summed E-state index contributed by atoms with van der Waals surface area (Å²) in [4.78, 5) is 0. The van der Waals surface area contributed by atoms with Gasteiger partial charge in [-0.3, -0.25) is 0 Å². The number of nitrogens with zero attached hydrogens (tertiary/aromatic N) is 1. The molecule has 20 heavy (non-hydrogen) atoms. The highest BCUT2D eigenvalue weighted by Gasteiger charge is 2.24. The van der Waals surface area contributed by atoms with Crippen LogP contribution in [-0.4, -0.2) is 38.1 Å². The second-order valence-corrected chi connectivity index (χ2v) is 7.95. The van der Waals surface area contributed by atoms with Gasteiger partial charge in [0.2, 0.25) is 10.0 Å². The molecule has 0 aliphatic carbocycles. The van der Waals surface area contributed by atoms with E-state index in [1.807, 2.05) is 0 Å². The Balaban J connectivity index is 1.86. The van der Waals surface area contributed by atoms with Crippen molar-refractivity contribution < 1.29 is 12.8 Å². The molecule has 1 fully saturated rings. The van der Waals surface area contributed by atoms with Crippen molar-refractivity contribution in [3.05, 3.63) is 34.1 Å². The molecule has 0 atom stereocenters. The van der Waals surface area contributed by atoms with E-state index in [9.17, 15) is 12.8 Å². The van der Waals surface area contributed by atoms with Crippen molar-refractivity contribution in [3.63, 3.8) is 0 Å². The zero-order chi connectivity index (χ0) is 14.8. The van der Waals surface area contributed by atoms with Crippen LogP contribution in [0.1, 0.15) is 18.4 Å². The van der Waals surface area contributed by atoms with Crippen LogP contribution < -0.4 is 5.32 Å². The molecule has 1 aliphatic heterocycles. The van der Waals surface area contributed by atoms with Gasteiger partial charge in [-0.15, -0.1) is 0 Å². The van der Waals surface area contributed by atoms with Gasteiger partial charge < -0.3 is 5.32 Å². The molecular formula is C13H18BrFN2O2S. The first kappa shape index (κ1) is 15.9. The van der Waals surface area contributed by atoms with Crippen LogP contribution in [0.15, 0.2) is 22.7 Å². The predicted molar refractivity (Wildman–Crippen MR) is 80.4 cm³/mol. The molecule has 0 spiro atoms. The highest BCUT2D eigenvalue weighted by molar-refractivity contribution is 9.10. The summed E-state index contributed by atoms with van der Waals surface area (Å²) < 4.78 is 38.7. The molecule has 0 aromatic heterocycles. The number of piperidine rings is 1. The average molecular weight is 365 g/mol. The Kier molecular flexibility index (Phi) is 5.17. The van der Waals surface area contributed by atoms with Gasteiger partial charge in [0.05, 0.1) is 6.26 Å². The van der Waals surface area contributed by atoms with E-state index in [1.54, 1.807) is 12.1 Å². The lowest BCUT2D eigenvalue weighted by atomic mass is 10.1. The zero-order valence-corrected chi connectivity index (χ0v) is 13.7. The smallest absolute Gasteiger partial charge is 0.211 e. The largest absolute Gasteiger partial charge is 0.310 e. The normalized spacial score (nSPS) is 18.4. The van der Waals surface area contributed by atoms with Gasteiger partial charge in [0.1, 0.15) is 5.82 Å². The molecule has 0 radical (unpaired) electrons. The monoisotopic (exact) mass is 364 g/mol. The molecule has 2 rings (SSSR count). The highest BCUT2D eigenvalue weighted by Crippen LogP contribution is 2.17. The van der Waals surface area contributed by atoms with E-state index in [2.05, 4.69) is 21.2 Å². The molecule has 4 nitrogen and oxygen atoms in total. The molecule has 7 heteroatoms. The third kappa shape index (κ3) is 4.25. The fourth-order valence-electron chi connectivity index (χ4n) is 2.32. The van der Waals surface area contributed by atoms with Crippen molar-refractivity contribution in [1.82, 2.24) is 9.62 Å². The van der Waals surface area contributed by atoms with Gasteiger partial charge in [-0.25, -0.2) is 17.1 Å². The Morgan fingerprint density at radius 1 is 1.40 bits per heavy atom. The van der Waals surface area contributed by atoms with Gasteiger partial charge in [-0.1, -0.05) is 15.9 Å². The summed E-state index contributed by atoms with van der Waals surface area (Å²) in [6.45, 7) is 1.50. The van der Waals surface area contributed by atoms with E-state index < -0.39 is 10.0 Å². The molecule has 0 saturated carbocycles. The third-order valence-corrected chi connectivity index (χ3v) is 5.31. The second kappa shape index (κ2) is 6.51. The van der Waals surface area contributed by atoms with Crippen molar-refractivity contribution in [3.8, 4) is 0 Å². The Morgan fingerprint density at radius 2 is 2.05 bits per heavy atom. The number of halogens is 2.